The van der Waals surface area contributed by atoms with E-state index in [-0.39, 0.29) is 0 Å². The van der Waals surface area contributed by atoms with Gasteiger partial charge in [0.15, 0.2) is 0 Å². The first kappa shape index (κ1) is 11.1. The molecule has 0 saturated heterocycles. The van der Waals surface area contributed by atoms with E-state index in [2.05, 4.69) is 33.0 Å². The minimum Gasteiger partial charge on any atom is -0.355 e. The van der Waals surface area contributed by atoms with E-state index >= 15 is 0 Å². The summed E-state index contributed by atoms with van der Waals surface area (Å²) in [4.78, 5) is 8.68. The Morgan fingerprint density at radius 1 is 1.50 bits per heavy atom. The smallest absolute Gasteiger partial charge is 0.203 e. The number of anilines is 1. The van der Waals surface area contributed by atoms with E-state index in [0.717, 1.165) is 31.2 Å². The molecule has 2 rings (SSSR count). The minimum absolute atomic E-state index is 0.879. The summed E-state index contributed by atoms with van der Waals surface area (Å²) < 4.78 is 2.12. The van der Waals surface area contributed by atoms with Gasteiger partial charge in [-0.15, -0.1) is 11.3 Å². The number of nitrogens with zero attached hydrogens (tertiary/aromatic N) is 3. The Labute approximate surface area is 99.4 Å². The zero-order chi connectivity index (χ0) is 11.4. The summed E-state index contributed by atoms with van der Waals surface area (Å²) in [5.74, 6) is 0.955. The van der Waals surface area contributed by atoms with Crippen LogP contribution >= 0.6 is 11.3 Å². The number of imidazole rings is 1. The van der Waals surface area contributed by atoms with Gasteiger partial charge >= 0.3 is 0 Å². The normalized spacial score (nSPS) is 10.6. The number of nitrogens with one attached hydrogen (secondary N) is 1. The number of hydrogen-bond acceptors (Lipinski definition) is 4. The number of rotatable bonds is 5. The quantitative estimate of drug-likeness (QED) is 0.866. The first-order chi connectivity index (χ1) is 7.79. The molecule has 86 valence electrons. The van der Waals surface area contributed by atoms with Crippen molar-refractivity contribution in [2.75, 3.05) is 11.9 Å². The Morgan fingerprint density at radius 2 is 2.38 bits per heavy atom. The van der Waals surface area contributed by atoms with Gasteiger partial charge in [0, 0.05) is 37.3 Å². The molecule has 2 aromatic heterocycles. The third-order valence-corrected chi connectivity index (χ3v) is 3.18. The van der Waals surface area contributed by atoms with E-state index < -0.39 is 0 Å². The molecule has 0 aromatic carbocycles. The molecule has 0 bridgehead atoms. The highest BCUT2D eigenvalue weighted by atomic mass is 32.1. The van der Waals surface area contributed by atoms with Gasteiger partial charge in [0.2, 0.25) is 5.95 Å². The molecule has 0 unspecified atom stereocenters. The third kappa shape index (κ3) is 2.61. The Kier molecular flexibility index (Phi) is 3.56. The van der Waals surface area contributed by atoms with Crippen molar-refractivity contribution in [3.63, 3.8) is 0 Å². The van der Waals surface area contributed by atoms with Gasteiger partial charge in [0.25, 0.3) is 0 Å². The zero-order valence-electron chi connectivity index (χ0n) is 9.60. The molecular formula is C11H16N4S. The molecular weight excluding hydrogens is 220 g/mol. The van der Waals surface area contributed by atoms with Gasteiger partial charge in [-0.2, -0.15) is 0 Å². The van der Waals surface area contributed by atoms with Gasteiger partial charge < -0.3 is 9.88 Å². The molecule has 0 amide bonds. The lowest BCUT2D eigenvalue weighted by molar-refractivity contribution is 0.761. The Balaban J connectivity index is 1.89. The van der Waals surface area contributed by atoms with Crippen LogP contribution in [0.3, 0.4) is 0 Å². The molecule has 0 radical (unpaired) electrons. The first-order valence-electron chi connectivity index (χ1n) is 5.45. The van der Waals surface area contributed by atoms with E-state index in [0.29, 0.717) is 0 Å². The maximum atomic E-state index is 4.44. The predicted octanol–water partition coefficient (Wildman–Crippen LogP) is 2.32. The molecule has 16 heavy (non-hydrogen) atoms. The average molecular weight is 236 g/mol. The molecule has 0 fully saturated rings. The van der Waals surface area contributed by atoms with Crippen molar-refractivity contribution in [2.45, 2.75) is 26.8 Å². The van der Waals surface area contributed by atoms with Crippen LogP contribution in [0.1, 0.15) is 17.6 Å². The van der Waals surface area contributed by atoms with Crippen LogP contribution in [-0.4, -0.2) is 21.1 Å². The second-order valence-corrected chi connectivity index (χ2v) is 4.57. The Hall–Kier alpha value is -1.36. The lowest BCUT2D eigenvalue weighted by Gasteiger charge is -2.06. The van der Waals surface area contributed by atoms with Crippen molar-refractivity contribution in [1.29, 1.82) is 0 Å². The molecule has 4 nitrogen and oxygen atoms in total. The summed E-state index contributed by atoms with van der Waals surface area (Å²) in [6.45, 7) is 5.95. The lowest BCUT2D eigenvalue weighted by Crippen LogP contribution is -2.09. The van der Waals surface area contributed by atoms with Crippen molar-refractivity contribution in [1.82, 2.24) is 14.5 Å². The summed E-state index contributed by atoms with van der Waals surface area (Å²) in [5.41, 5.74) is 1.05. The summed E-state index contributed by atoms with van der Waals surface area (Å²) in [7, 11) is 0. The maximum Gasteiger partial charge on any atom is 0.203 e. The highest BCUT2D eigenvalue weighted by Gasteiger charge is 2.03. The van der Waals surface area contributed by atoms with E-state index in [9.17, 15) is 0 Å². The average Bonchev–Trinajstić information content (AvgIpc) is 2.88. The molecule has 0 aliphatic rings. The highest BCUT2D eigenvalue weighted by Crippen LogP contribution is 2.09. The van der Waals surface area contributed by atoms with Crippen LogP contribution in [-0.2, 0) is 13.0 Å². The summed E-state index contributed by atoms with van der Waals surface area (Å²) >= 11 is 1.69. The molecule has 0 spiro atoms. The van der Waals surface area contributed by atoms with E-state index in [1.807, 2.05) is 18.5 Å². The SMILES string of the molecule is CCn1cc(C)nc1NCCc1nccs1. The predicted molar refractivity (Wildman–Crippen MR) is 66.9 cm³/mol. The fourth-order valence-electron chi connectivity index (χ4n) is 1.59. The van der Waals surface area contributed by atoms with Crippen LogP contribution in [0.15, 0.2) is 17.8 Å². The summed E-state index contributed by atoms with van der Waals surface area (Å²) in [6.07, 6.45) is 4.86. The second-order valence-electron chi connectivity index (χ2n) is 3.59. The minimum atomic E-state index is 0.879. The summed E-state index contributed by atoms with van der Waals surface area (Å²) in [5, 5.41) is 6.51. The molecule has 1 N–H and O–H groups in total. The first-order valence-corrected chi connectivity index (χ1v) is 6.33. The van der Waals surface area contributed by atoms with E-state index in [4.69, 9.17) is 0 Å². The van der Waals surface area contributed by atoms with Crippen molar-refractivity contribution >= 4 is 17.3 Å². The molecule has 0 atom stereocenters. The van der Waals surface area contributed by atoms with Gasteiger partial charge in [0.1, 0.15) is 0 Å². The molecule has 0 aliphatic heterocycles. The number of thiazole rings is 1. The zero-order valence-corrected chi connectivity index (χ0v) is 10.4. The van der Waals surface area contributed by atoms with Crippen molar-refractivity contribution in [3.8, 4) is 0 Å². The Bertz CT molecular complexity index is 433. The summed E-state index contributed by atoms with van der Waals surface area (Å²) in [6, 6.07) is 0. The van der Waals surface area contributed by atoms with Gasteiger partial charge in [-0.25, -0.2) is 9.97 Å². The fraction of sp³-hybridized carbons (Fsp3) is 0.455. The molecule has 0 aliphatic carbocycles. The van der Waals surface area contributed by atoms with E-state index in [1.54, 1.807) is 11.3 Å². The second kappa shape index (κ2) is 5.12. The largest absolute Gasteiger partial charge is 0.355 e. The molecule has 2 aromatic rings. The standard InChI is InChI=1S/C11H16N4S/c1-3-15-8-9(2)14-11(15)13-5-4-10-12-6-7-16-10/h6-8H,3-5H2,1-2H3,(H,13,14). The topological polar surface area (TPSA) is 42.7 Å². The third-order valence-electron chi connectivity index (χ3n) is 2.34. The molecule has 2 heterocycles. The highest BCUT2D eigenvalue weighted by molar-refractivity contribution is 7.09. The van der Waals surface area contributed by atoms with Crippen LogP contribution in [0.5, 0.6) is 0 Å². The van der Waals surface area contributed by atoms with Gasteiger partial charge in [0.05, 0.1) is 10.7 Å². The van der Waals surface area contributed by atoms with Crippen LogP contribution in [0.4, 0.5) is 5.95 Å². The molecule has 5 heteroatoms. The lowest BCUT2D eigenvalue weighted by atomic mass is 10.4. The monoisotopic (exact) mass is 236 g/mol. The van der Waals surface area contributed by atoms with Crippen LogP contribution in [0.2, 0.25) is 0 Å². The van der Waals surface area contributed by atoms with Crippen molar-refractivity contribution in [3.05, 3.63) is 28.5 Å². The maximum absolute atomic E-state index is 4.44. The van der Waals surface area contributed by atoms with Crippen molar-refractivity contribution < 1.29 is 0 Å². The molecule has 0 saturated carbocycles. The fourth-order valence-corrected chi connectivity index (χ4v) is 2.21. The van der Waals surface area contributed by atoms with Crippen molar-refractivity contribution in [2.24, 2.45) is 0 Å². The van der Waals surface area contributed by atoms with Gasteiger partial charge in [-0.1, -0.05) is 0 Å². The number of aryl methyl sites for hydroxylation is 2. The Morgan fingerprint density at radius 3 is 3.06 bits per heavy atom. The van der Waals surface area contributed by atoms with Gasteiger partial charge in [-0.05, 0) is 13.8 Å². The van der Waals surface area contributed by atoms with Crippen LogP contribution < -0.4 is 5.32 Å². The number of aromatic nitrogens is 3. The number of hydrogen-bond donors (Lipinski definition) is 1. The van der Waals surface area contributed by atoms with Crippen LogP contribution in [0, 0.1) is 6.92 Å². The van der Waals surface area contributed by atoms with Crippen LogP contribution in [0.25, 0.3) is 0 Å². The van der Waals surface area contributed by atoms with Gasteiger partial charge in [-0.3, -0.25) is 0 Å². The van der Waals surface area contributed by atoms with E-state index in [1.165, 1.54) is 5.01 Å².